The van der Waals surface area contributed by atoms with Gasteiger partial charge in [-0.2, -0.15) is 13.2 Å². The summed E-state index contributed by atoms with van der Waals surface area (Å²) in [7, 11) is 0. The number of carbonyl (C=O) groups excluding carboxylic acids is 1. The number of benzene rings is 1. The molecule has 0 saturated heterocycles. The highest BCUT2D eigenvalue weighted by atomic mass is 35.5. The summed E-state index contributed by atoms with van der Waals surface area (Å²) in [5.41, 5.74) is -1.07. The van der Waals surface area contributed by atoms with E-state index in [1.807, 2.05) is 20.8 Å². The second-order valence-corrected chi connectivity index (χ2v) is 5.72. The summed E-state index contributed by atoms with van der Waals surface area (Å²) in [5, 5.41) is 2.30. The minimum atomic E-state index is -4.52. The quantitative estimate of drug-likeness (QED) is 0.812. The fourth-order valence-electron chi connectivity index (χ4n) is 1.45. The van der Waals surface area contributed by atoms with Crippen LogP contribution in [0.1, 0.15) is 31.9 Å². The Morgan fingerprint density at radius 3 is 2.35 bits per heavy atom. The summed E-state index contributed by atoms with van der Waals surface area (Å²) in [5.74, 6) is -0.374. The number of amides is 1. The Morgan fingerprint density at radius 2 is 1.85 bits per heavy atom. The van der Waals surface area contributed by atoms with Crippen LogP contribution in [0.25, 0.3) is 6.08 Å². The Hall–Kier alpha value is -1.49. The van der Waals surface area contributed by atoms with Crippen LogP contribution in [0.3, 0.4) is 0 Å². The van der Waals surface area contributed by atoms with E-state index in [2.05, 4.69) is 5.32 Å². The third-order valence-corrected chi connectivity index (χ3v) is 2.55. The molecule has 0 saturated carbocycles. The lowest BCUT2D eigenvalue weighted by atomic mass is 10.1. The van der Waals surface area contributed by atoms with Gasteiger partial charge < -0.3 is 5.32 Å². The normalized spacial score (nSPS) is 12.8. The van der Waals surface area contributed by atoms with E-state index in [0.717, 1.165) is 12.1 Å². The Kier molecular flexibility index (Phi) is 4.86. The average Bonchev–Trinajstić information content (AvgIpc) is 2.24. The topological polar surface area (TPSA) is 29.1 Å². The molecule has 6 heteroatoms. The Morgan fingerprint density at radius 1 is 1.25 bits per heavy atom. The van der Waals surface area contributed by atoms with Gasteiger partial charge in [-0.05, 0) is 44.5 Å². The highest BCUT2D eigenvalue weighted by Crippen LogP contribution is 2.35. The zero-order chi connectivity index (χ0) is 15.6. The van der Waals surface area contributed by atoms with Crippen molar-refractivity contribution in [2.75, 3.05) is 0 Å². The predicted octanol–water partition coefficient (Wildman–Crippen LogP) is 4.29. The summed E-state index contributed by atoms with van der Waals surface area (Å²) >= 11 is 5.51. The first-order valence-electron chi connectivity index (χ1n) is 5.86. The van der Waals surface area contributed by atoms with Gasteiger partial charge in [0.15, 0.2) is 0 Å². The van der Waals surface area contributed by atoms with Gasteiger partial charge in [0.25, 0.3) is 0 Å². The smallest absolute Gasteiger partial charge is 0.348 e. The largest absolute Gasteiger partial charge is 0.417 e. The maximum Gasteiger partial charge on any atom is 0.417 e. The Labute approximate surface area is 120 Å². The number of hydrogen-bond acceptors (Lipinski definition) is 1. The standard InChI is InChI=1S/C14H15ClF3NO/c1-13(2,3)19-12(20)7-5-9-4-6-11(15)10(8-9)14(16,17)18/h4-8H,1-3H3,(H,19,20)/b7-5+. The van der Waals surface area contributed by atoms with Gasteiger partial charge in [-0.25, -0.2) is 0 Å². The molecule has 0 atom stereocenters. The van der Waals surface area contributed by atoms with E-state index >= 15 is 0 Å². The number of carbonyl (C=O) groups is 1. The highest BCUT2D eigenvalue weighted by molar-refractivity contribution is 6.31. The minimum absolute atomic E-state index is 0.255. The lowest BCUT2D eigenvalue weighted by Crippen LogP contribution is -2.39. The second kappa shape index (κ2) is 5.87. The van der Waals surface area contributed by atoms with Crippen LogP contribution in [0, 0.1) is 0 Å². The summed E-state index contributed by atoms with van der Waals surface area (Å²) < 4.78 is 38.0. The minimum Gasteiger partial charge on any atom is -0.348 e. The van der Waals surface area contributed by atoms with Gasteiger partial charge in [0.05, 0.1) is 10.6 Å². The van der Waals surface area contributed by atoms with Crippen LogP contribution in [0.5, 0.6) is 0 Å². The Bertz CT molecular complexity index is 530. The molecule has 0 spiro atoms. The molecule has 0 unspecified atom stereocenters. The molecule has 0 fully saturated rings. The van der Waals surface area contributed by atoms with Crippen LogP contribution in [0.15, 0.2) is 24.3 Å². The lowest BCUT2D eigenvalue weighted by molar-refractivity contribution is -0.137. The molecule has 0 aliphatic rings. The maximum atomic E-state index is 12.7. The van der Waals surface area contributed by atoms with E-state index in [0.29, 0.717) is 0 Å². The number of nitrogens with one attached hydrogen (secondary N) is 1. The third-order valence-electron chi connectivity index (χ3n) is 2.22. The molecular weight excluding hydrogens is 291 g/mol. The van der Waals surface area contributed by atoms with Crippen LogP contribution >= 0.6 is 11.6 Å². The summed E-state index contributed by atoms with van der Waals surface area (Å²) in [6.07, 6.45) is -2.02. The molecule has 0 heterocycles. The van der Waals surface area contributed by atoms with Gasteiger partial charge in [-0.3, -0.25) is 4.79 Å². The van der Waals surface area contributed by atoms with E-state index in [9.17, 15) is 18.0 Å². The fourth-order valence-corrected chi connectivity index (χ4v) is 1.67. The molecule has 2 nitrogen and oxygen atoms in total. The molecule has 1 aromatic rings. The van der Waals surface area contributed by atoms with Crippen molar-refractivity contribution in [1.82, 2.24) is 5.32 Å². The average molecular weight is 306 g/mol. The van der Waals surface area contributed by atoms with Crippen molar-refractivity contribution in [3.05, 3.63) is 40.4 Å². The maximum absolute atomic E-state index is 12.7. The molecule has 0 radical (unpaired) electrons. The molecule has 0 bridgehead atoms. The second-order valence-electron chi connectivity index (χ2n) is 5.31. The fraction of sp³-hybridized carbons (Fsp3) is 0.357. The molecule has 110 valence electrons. The van der Waals surface area contributed by atoms with E-state index in [1.54, 1.807) is 0 Å². The molecule has 0 aliphatic carbocycles. The molecule has 0 aromatic heterocycles. The van der Waals surface area contributed by atoms with Crippen molar-refractivity contribution >= 4 is 23.6 Å². The molecule has 1 aromatic carbocycles. The van der Waals surface area contributed by atoms with Crippen LogP contribution in [0.4, 0.5) is 13.2 Å². The van der Waals surface area contributed by atoms with Crippen LogP contribution in [-0.2, 0) is 11.0 Å². The summed E-state index contributed by atoms with van der Waals surface area (Å²) in [4.78, 5) is 11.5. The molecule has 0 aliphatic heterocycles. The van der Waals surface area contributed by atoms with E-state index in [-0.39, 0.29) is 16.5 Å². The van der Waals surface area contributed by atoms with Gasteiger partial charge in [0.1, 0.15) is 0 Å². The van der Waals surface area contributed by atoms with Gasteiger partial charge in [-0.1, -0.05) is 17.7 Å². The highest BCUT2D eigenvalue weighted by Gasteiger charge is 2.33. The number of hydrogen-bond donors (Lipinski definition) is 1. The molecule has 1 rings (SSSR count). The summed E-state index contributed by atoms with van der Waals surface area (Å²) in [6, 6.07) is 3.48. The number of alkyl halides is 3. The van der Waals surface area contributed by atoms with Crippen LogP contribution < -0.4 is 5.32 Å². The van der Waals surface area contributed by atoms with Crippen LogP contribution in [-0.4, -0.2) is 11.4 Å². The lowest BCUT2D eigenvalue weighted by Gasteiger charge is -2.19. The zero-order valence-corrected chi connectivity index (χ0v) is 12.1. The SMILES string of the molecule is CC(C)(C)NC(=O)/C=C/c1ccc(Cl)c(C(F)(F)F)c1. The third kappa shape index (κ3) is 5.25. The number of rotatable bonds is 2. The van der Waals surface area contributed by atoms with E-state index in [1.165, 1.54) is 18.2 Å². The zero-order valence-electron chi connectivity index (χ0n) is 11.3. The van der Waals surface area contributed by atoms with Crippen molar-refractivity contribution in [1.29, 1.82) is 0 Å². The van der Waals surface area contributed by atoms with E-state index < -0.39 is 17.3 Å². The molecule has 1 amide bonds. The first kappa shape index (κ1) is 16.6. The predicted molar refractivity (Wildman–Crippen MR) is 73.4 cm³/mol. The van der Waals surface area contributed by atoms with Crippen molar-refractivity contribution in [3.63, 3.8) is 0 Å². The molecule has 20 heavy (non-hydrogen) atoms. The first-order valence-corrected chi connectivity index (χ1v) is 6.24. The summed E-state index contributed by atoms with van der Waals surface area (Å²) in [6.45, 7) is 5.42. The monoisotopic (exact) mass is 305 g/mol. The molecule has 1 N–H and O–H groups in total. The van der Waals surface area contributed by atoms with Gasteiger partial charge in [-0.15, -0.1) is 0 Å². The van der Waals surface area contributed by atoms with E-state index in [4.69, 9.17) is 11.6 Å². The van der Waals surface area contributed by atoms with Crippen molar-refractivity contribution in [3.8, 4) is 0 Å². The Balaban J connectivity index is 2.92. The first-order chi connectivity index (χ1) is 8.99. The van der Waals surface area contributed by atoms with Gasteiger partial charge in [0.2, 0.25) is 5.91 Å². The van der Waals surface area contributed by atoms with Crippen molar-refractivity contribution < 1.29 is 18.0 Å². The van der Waals surface area contributed by atoms with Gasteiger partial charge in [0, 0.05) is 11.6 Å². The number of halogens is 4. The van der Waals surface area contributed by atoms with Gasteiger partial charge >= 0.3 is 6.18 Å². The van der Waals surface area contributed by atoms with Crippen LogP contribution in [0.2, 0.25) is 5.02 Å². The molecular formula is C14H15ClF3NO. The van der Waals surface area contributed by atoms with Crippen molar-refractivity contribution in [2.45, 2.75) is 32.5 Å². The van der Waals surface area contributed by atoms with Crippen molar-refractivity contribution in [2.24, 2.45) is 0 Å².